The van der Waals surface area contributed by atoms with Crippen LogP contribution in [0.5, 0.6) is 0 Å². The molecule has 0 amide bonds. The molecule has 0 aromatic carbocycles. The summed E-state index contributed by atoms with van der Waals surface area (Å²) in [5, 5.41) is 0. The zero-order valence-corrected chi connectivity index (χ0v) is 6.03. The van der Waals surface area contributed by atoms with E-state index in [1.165, 1.54) is 13.8 Å². The monoisotopic (exact) mass is 147 g/mol. The van der Waals surface area contributed by atoms with Crippen molar-refractivity contribution in [1.82, 2.24) is 0 Å². The molecule has 52 valence electrons. The summed E-state index contributed by atoms with van der Waals surface area (Å²) in [4.78, 5) is 0. The molecule has 0 aromatic heterocycles. The summed E-state index contributed by atoms with van der Waals surface area (Å²) < 4.78 is 24.0. The van der Waals surface area contributed by atoms with Crippen molar-refractivity contribution in [3.05, 3.63) is 0 Å². The summed E-state index contributed by atoms with van der Waals surface area (Å²) in [7, 11) is 0. The minimum absolute atomic E-state index is 1.02. The maximum atomic E-state index is 9.86. The Kier molecular flexibility index (Phi) is 2.85. The van der Waals surface area contributed by atoms with Gasteiger partial charge in [-0.3, -0.25) is 4.18 Å². The Bertz CT molecular complexity index is 156. The van der Waals surface area contributed by atoms with Crippen LogP contribution in [0.2, 0.25) is 0 Å². The van der Waals surface area contributed by atoms with E-state index in [-0.39, 0.29) is 0 Å². The number of terminal acetylenes is 1. The quantitative estimate of drug-likeness (QED) is 0.414. The van der Waals surface area contributed by atoms with E-state index < -0.39 is 17.0 Å². The van der Waals surface area contributed by atoms with Crippen LogP contribution in [-0.4, -0.2) is 14.4 Å². The van der Waals surface area contributed by atoms with Crippen molar-refractivity contribution in [2.75, 3.05) is 0 Å². The molecule has 0 aliphatic carbocycles. The van der Waals surface area contributed by atoms with Crippen LogP contribution in [0.25, 0.3) is 0 Å². The summed E-state index contributed by atoms with van der Waals surface area (Å²) in [5.41, 5.74) is -1.02. The second-order valence-electron chi connectivity index (χ2n) is 1.94. The molecule has 0 saturated heterocycles. The lowest BCUT2D eigenvalue weighted by molar-refractivity contribution is 0.173. The highest BCUT2D eigenvalue weighted by atomic mass is 32.2. The zero-order chi connectivity index (χ0) is 7.49. The highest BCUT2D eigenvalue weighted by Crippen LogP contribution is 2.07. The molecule has 0 radical (unpaired) electrons. The van der Waals surface area contributed by atoms with Gasteiger partial charge in [0.1, 0.15) is 5.60 Å². The Labute approximate surface area is 56.9 Å². The third-order valence-corrected chi connectivity index (χ3v) is 1.18. The fourth-order valence-corrected chi connectivity index (χ4v) is 0.582. The van der Waals surface area contributed by atoms with Crippen molar-refractivity contribution in [2.45, 2.75) is 19.4 Å². The lowest BCUT2D eigenvalue weighted by Crippen LogP contribution is -2.22. The van der Waals surface area contributed by atoms with E-state index in [0.717, 1.165) is 0 Å². The van der Waals surface area contributed by atoms with Crippen molar-refractivity contribution in [1.29, 1.82) is 0 Å². The van der Waals surface area contributed by atoms with Gasteiger partial charge in [-0.1, -0.05) is 5.92 Å². The topological polar surface area (TPSA) is 49.4 Å². The van der Waals surface area contributed by atoms with Gasteiger partial charge in [-0.25, -0.2) is 4.21 Å². The third kappa shape index (κ3) is 4.15. The van der Waals surface area contributed by atoms with Crippen molar-refractivity contribution in [3.8, 4) is 12.3 Å². The maximum absolute atomic E-state index is 9.86. The SMILES string of the molecule is C#CC(C)(C)OS(=O)[O-]. The summed E-state index contributed by atoms with van der Waals surface area (Å²) >= 11 is -2.53. The van der Waals surface area contributed by atoms with Crippen LogP contribution in [0.4, 0.5) is 0 Å². The van der Waals surface area contributed by atoms with E-state index in [9.17, 15) is 8.76 Å². The highest BCUT2D eigenvalue weighted by molar-refractivity contribution is 7.74. The molecule has 0 aliphatic heterocycles. The molecule has 3 nitrogen and oxygen atoms in total. The van der Waals surface area contributed by atoms with Gasteiger partial charge in [0.05, 0.1) is 11.4 Å². The van der Waals surface area contributed by atoms with E-state index in [1.54, 1.807) is 0 Å². The molecular formula is C5H7O3S-. The molecule has 0 fully saturated rings. The van der Waals surface area contributed by atoms with Gasteiger partial charge in [0, 0.05) is 0 Å². The molecule has 0 aromatic rings. The normalized spacial score (nSPS) is 14.4. The number of rotatable bonds is 2. The lowest BCUT2D eigenvalue weighted by Gasteiger charge is -2.18. The average Bonchev–Trinajstić information content (AvgIpc) is 1.63. The fraction of sp³-hybridized carbons (Fsp3) is 0.600. The molecule has 0 N–H and O–H groups in total. The first-order valence-electron chi connectivity index (χ1n) is 2.24. The van der Waals surface area contributed by atoms with E-state index in [2.05, 4.69) is 10.1 Å². The predicted octanol–water partition coefficient (Wildman–Crippen LogP) is 0.209. The molecule has 9 heavy (non-hydrogen) atoms. The van der Waals surface area contributed by atoms with E-state index in [1.807, 2.05) is 0 Å². The summed E-state index contributed by atoms with van der Waals surface area (Å²) in [5.74, 6) is 2.16. The number of hydrogen-bond donors (Lipinski definition) is 0. The van der Waals surface area contributed by atoms with Gasteiger partial charge >= 0.3 is 0 Å². The van der Waals surface area contributed by atoms with E-state index >= 15 is 0 Å². The summed E-state index contributed by atoms with van der Waals surface area (Å²) in [6, 6.07) is 0. The van der Waals surface area contributed by atoms with E-state index in [0.29, 0.717) is 0 Å². The smallest absolute Gasteiger partial charge is 0.138 e. The van der Waals surface area contributed by atoms with Gasteiger partial charge < -0.3 is 4.55 Å². The molecule has 0 aliphatic rings. The first-order chi connectivity index (χ1) is 3.98. The standard InChI is InChI=1S/C5H8O3S/c1-4-5(2,3)8-9(6)7/h1H,2-3H3,(H,6,7)/p-1. The first kappa shape index (κ1) is 8.63. The fourth-order valence-electron chi connectivity index (χ4n) is 0.194. The van der Waals surface area contributed by atoms with Crippen molar-refractivity contribution < 1.29 is 12.9 Å². The number of hydrogen-bond acceptors (Lipinski definition) is 3. The average molecular weight is 147 g/mol. The molecule has 0 spiro atoms. The van der Waals surface area contributed by atoms with Crippen LogP contribution in [0.1, 0.15) is 13.8 Å². The first-order valence-corrected chi connectivity index (χ1v) is 3.24. The van der Waals surface area contributed by atoms with E-state index in [4.69, 9.17) is 6.42 Å². The summed E-state index contributed by atoms with van der Waals surface area (Å²) in [6.45, 7) is 2.98. The predicted molar refractivity (Wildman–Crippen MR) is 32.9 cm³/mol. The molecular weight excluding hydrogens is 140 g/mol. The van der Waals surface area contributed by atoms with Crippen LogP contribution < -0.4 is 0 Å². The Hall–Kier alpha value is -0.370. The van der Waals surface area contributed by atoms with Crippen LogP contribution in [0.3, 0.4) is 0 Å². The molecule has 0 bridgehead atoms. The zero-order valence-electron chi connectivity index (χ0n) is 5.21. The van der Waals surface area contributed by atoms with Crippen molar-refractivity contribution in [3.63, 3.8) is 0 Å². The Balaban J connectivity index is 3.91. The summed E-state index contributed by atoms with van der Waals surface area (Å²) in [6.07, 6.45) is 4.91. The molecule has 0 heterocycles. The second kappa shape index (κ2) is 2.97. The van der Waals surface area contributed by atoms with Crippen LogP contribution >= 0.6 is 0 Å². The van der Waals surface area contributed by atoms with Gasteiger partial charge in [-0.05, 0) is 13.8 Å². The minimum atomic E-state index is -2.53. The molecule has 1 atom stereocenters. The molecule has 0 saturated carbocycles. The molecule has 0 rings (SSSR count). The maximum Gasteiger partial charge on any atom is 0.138 e. The van der Waals surface area contributed by atoms with Crippen LogP contribution in [-0.2, 0) is 15.5 Å². The van der Waals surface area contributed by atoms with Gasteiger partial charge in [-0.2, -0.15) is 0 Å². The Morgan fingerprint density at radius 3 is 2.33 bits per heavy atom. The van der Waals surface area contributed by atoms with Gasteiger partial charge in [0.15, 0.2) is 0 Å². The van der Waals surface area contributed by atoms with Gasteiger partial charge in [0.2, 0.25) is 0 Å². The minimum Gasteiger partial charge on any atom is -0.750 e. The van der Waals surface area contributed by atoms with Crippen LogP contribution in [0.15, 0.2) is 0 Å². The second-order valence-corrected chi connectivity index (χ2v) is 2.52. The van der Waals surface area contributed by atoms with Crippen molar-refractivity contribution in [2.24, 2.45) is 0 Å². The molecule has 4 heteroatoms. The lowest BCUT2D eigenvalue weighted by atomic mass is 10.2. The Morgan fingerprint density at radius 2 is 2.22 bits per heavy atom. The highest BCUT2D eigenvalue weighted by Gasteiger charge is 2.13. The molecule has 1 unspecified atom stereocenters. The van der Waals surface area contributed by atoms with Crippen LogP contribution in [0, 0.1) is 12.3 Å². The third-order valence-electron chi connectivity index (χ3n) is 0.624. The van der Waals surface area contributed by atoms with Gasteiger partial charge in [0.25, 0.3) is 0 Å². The van der Waals surface area contributed by atoms with Crippen molar-refractivity contribution >= 4 is 11.4 Å². The largest absolute Gasteiger partial charge is 0.750 e. The Morgan fingerprint density at radius 1 is 1.78 bits per heavy atom. The van der Waals surface area contributed by atoms with Gasteiger partial charge in [-0.15, -0.1) is 6.42 Å².